The second-order valence-corrected chi connectivity index (χ2v) is 0. The summed E-state index contributed by atoms with van der Waals surface area (Å²) in [5.41, 5.74) is 0. The minimum Gasteiger partial charge on any atom is -0.412 e. The van der Waals surface area contributed by atoms with Crippen molar-refractivity contribution in [2.45, 2.75) is 0 Å². The van der Waals surface area contributed by atoms with Crippen molar-refractivity contribution < 1.29 is 72.3 Å². The Morgan fingerprint density at radius 3 is 0.500 bits per heavy atom. The molecule has 3 nitrogen and oxygen atoms in total. The first-order valence-electron chi connectivity index (χ1n) is 0. The minimum absolute atomic E-state index is 0. The largest absolute Gasteiger partial charge is 0.412 e. The Morgan fingerprint density at radius 2 is 0.500 bits per heavy atom. The average molecular weight is 214 g/mol. The molecule has 6 heavy (non-hydrogen) atoms. The van der Waals surface area contributed by atoms with Crippen molar-refractivity contribution >= 4 is 0 Å². The first kappa shape index (κ1) is 126. The fourth-order valence-electron chi connectivity index (χ4n) is 0. The average Bonchev–Trinajstić information content (AvgIpc) is 0. The van der Waals surface area contributed by atoms with Gasteiger partial charge in [-0.05, 0) is 0 Å². The summed E-state index contributed by atoms with van der Waals surface area (Å²) < 4.78 is 0. The van der Waals surface area contributed by atoms with Crippen molar-refractivity contribution in [2.24, 2.45) is 0 Å². The van der Waals surface area contributed by atoms with Gasteiger partial charge in [-0.25, -0.2) is 0 Å². The van der Waals surface area contributed by atoms with Crippen molar-refractivity contribution in [1.82, 2.24) is 0 Å². The maximum atomic E-state index is 0. The SMILES string of the molecule is O.O.O.[Fe].[Fe].[Ti]. The molecule has 0 heterocycles. The summed E-state index contributed by atoms with van der Waals surface area (Å²) in [5, 5.41) is 0. The van der Waals surface area contributed by atoms with Gasteiger partial charge in [-0.2, -0.15) is 0 Å². The third-order valence-corrected chi connectivity index (χ3v) is 0. The molecule has 0 bridgehead atoms. The molecule has 0 aliphatic rings. The molecule has 0 aliphatic carbocycles. The predicted molar refractivity (Wildman–Crippen MR) is 10.8 cm³/mol. The smallest absolute Gasteiger partial charge is 0 e. The predicted octanol–water partition coefficient (Wildman–Crippen LogP) is -2.48. The van der Waals surface area contributed by atoms with Crippen LogP contribution in [0.15, 0.2) is 0 Å². The van der Waals surface area contributed by atoms with Crippen LogP contribution >= 0.6 is 0 Å². The van der Waals surface area contributed by atoms with Crippen LogP contribution in [-0.2, 0) is 55.9 Å². The van der Waals surface area contributed by atoms with Gasteiger partial charge in [-0.15, -0.1) is 0 Å². The summed E-state index contributed by atoms with van der Waals surface area (Å²) in [5.74, 6) is 0. The van der Waals surface area contributed by atoms with Crippen LogP contribution in [0.4, 0.5) is 0 Å². The van der Waals surface area contributed by atoms with Gasteiger partial charge in [-0.3, -0.25) is 0 Å². The van der Waals surface area contributed by atoms with Gasteiger partial charge in [-0.1, -0.05) is 0 Å². The Kier molecular flexibility index (Phi) is 1660. The molecule has 0 spiro atoms. The first-order chi connectivity index (χ1) is 0. The quantitative estimate of drug-likeness (QED) is 0.399. The van der Waals surface area contributed by atoms with E-state index in [2.05, 4.69) is 0 Å². The van der Waals surface area contributed by atoms with Crippen molar-refractivity contribution in [2.75, 3.05) is 0 Å². The van der Waals surface area contributed by atoms with Gasteiger partial charge in [0.05, 0.1) is 0 Å². The number of hydrogen-bond donors (Lipinski definition) is 0. The molecule has 0 rings (SSSR count). The Morgan fingerprint density at radius 1 is 0.500 bits per heavy atom. The van der Waals surface area contributed by atoms with Crippen LogP contribution in [-0.4, -0.2) is 16.4 Å². The standard InChI is InChI=1S/2Fe.3H2O.Ti/h;;3*1H2;. The molecule has 0 atom stereocenters. The van der Waals surface area contributed by atoms with E-state index in [-0.39, 0.29) is 72.3 Å². The number of hydrogen-bond acceptors (Lipinski definition) is 0. The second kappa shape index (κ2) is 78.9. The third-order valence-electron chi connectivity index (χ3n) is 0. The summed E-state index contributed by atoms with van der Waals surface area (Å²) in [4.78, 5) is 0. The minimum atomic E-state index is 0. The van der Waals surface area contributed by atoms with Gasteiger partial charge < -0.3 is 16.4 Å². The van der Waals surface area contributed by atoms with E-state index in [1.807, 2.05) is 0 Å². The molecule has 0 aromatic rings. The van der Waals surface area contributed by atoms with Crippen molar-refractivity contribution in [3.8, 4) is 0 Å². The normalized spacial score (nSPS) is 0. The Hall–Kier alpha value is 1.63. The Balaban J connectivity index is 0. The van der Waals surface area contributed by atoms with Crippen LogP contribution in [0.3, 0.4) is 0 Å². The molecule has 0 aromatic heterocycles. The summed E-state index contributed by atoms with van der Waals surface area (Å²) in [6, 6.07) is 0. The maximum Gasteiger partial charge on any atom is 0 e. The zero-order chi connectivity index (χ0) is 0. The molecule has 6 N–H and O–H groups in total. The van der Waals surface area contributed by atoms with E-state index in [4.69, 9.17) is 0 Å². The van der Waals surface area contributed by atoms with E-state index in [1.54, 1.807) is 0 Å². The van der Waals surface area contributed by atoms with Gasteiger partial charge in [0.15, 0.2) is 0 Å². The van der Waals surface area contributed by atoms with Crippen LogP contribution < -0.4 is 0 Å². The van der Waals surface area contributed by atoms with Gasteiger partial charge >= 0.3 is 0 Å². The molecular weight excluding hydrogens is 208 g/mol. The molecule has 44 valence electrons. The van der Waals surface area contributed by atoms with E-state index in [9.17, 15) is 0 Å². The molecule has 0 radical (unpaired) electrons. The molecule has 0 unspecified atom stereocenters. The molecule has 0 aliphatic heterocycles. The zero-order valence-electron chi connectivity index (χ0n) is 2.71. The zero-order valence-corrected chi connectivity index (χ0v) is 6.48. The molecule has 0 fully saturated rings. The van der Waals surface area contributed by atoms with E-state index >= 15 is 0 Å². The fourth-order valence-corrected chi connectivity index (χ4v) is 0. The van der Waals surface area contributed by atoms with E-state index in [0.717, 1.165) is 0 Å². The van der Waals surface area contributed by atoms with Gasteiger partial charge in [0.2, 0.25) is 0 Å². The molecular formula is H6Fe2O3Ti. The van der Waals surface area contributed by atoms with Gasteiger partial charge in [0.1, 0.15) is 0 Å². The van der Waals surface area contributed by atoms with Gasteiger partial charge in [0.25, 0.3) is 0 Å². The topological polar surface area (TPSA) is 94.5 Å². The maximum absolute atomic E-state index is 0. The third kappa shape index (κ3) is 45.3. The molecule has 6 heteroatoms. The van der Waals surface area contributed by atoms with Crippen LogP contribution in [0, 0.1) is 0 Å². The summed E-state index contributed by atoms with van der Waals surface area (Å²) in [6.45, 7) is 0. The van der Waals surface area contributed by atoms with Crippen LogP contribution in [0.2, 0.25) is 0 Å². The van der Waals surface area contributed by atoms with Crippen molar-refractivity contribution in [3.63, 3.8) is 0 Å². The van der Waals surface area contributed by atoms with Gasteiger partial charge in [0, 0.05) is 55.9 Å². The van der Waals surface area contributed by atoms with Crippen LogP contribution in [0.5, 0.6) is 0 Å². The van der Waals surface area contributed by atoms with E-state index in [0.29, 0.717) is 0 Å². The number of rotatable bonds is 0. The Bertz CT molecular complexity index is 8.75. The second-order valence-electron chi connectivity index (χ2n) is 0. The van der Waals surface area contributed by atoms with Crippen molar-refractivity contribution in [1.29, 1.82) is 0 Å². The van der Waals surface area contributed by atoms with E-state index in [1.165, 1.54) is 0 Å². The summed E-state index contributed by atoms with van der Waals surface area (Å²) in [7, 11) is 0. The fraction of sp³-hybridized carbons (Fsp3) is 0. The van der Waals surface area contributed by atoms with Crippen LogP contribution in [0.25, 0.3) is 0 Å². The molecule has 0 saturated heterocycles. The van der Waals surface area contributed by atoms with Crippen molar-refractivity contribution in [3.05, 3.63) is 0 Å². The molecule has 0 amide bonds. The Labute approximate surface area is 72.0 Å². The first-order valence-corrected chi connectivity index (χ1v) is 0. The molecule has 0 saturated carbocycles. The summed E-state index contributed by atoms with van der Waals surface area (Å²) in [6.07, 6.45) is 0. The molecule has 0 aromatic carbocycles. The van der Waals surface area contributed by atoms with Crippen LogP contribution in [0.1, 0.15) is 0 Å². The monoisotopic (exact) mass is 214 g/mol. The summed E-state index contributed by atoms with van der Waals surface area (Å²) >= 11 is 0. The van der Waals surface area contributed by atoms with E-state index < -0.39 is 0 Å².